The molecule has 0 aliphatic heterocycles. The lowest BCUT2D eigenvalue weighted by Crippen LogP contribution is -2.59. The third-order valence-electron chi connectivity index (χ3n) is 4.98. The Morgan fingerprint density at radius 3 is 2.24 bits per heavy atom. The van der Waals surface area contributed by atoms with Crippen LogP contribution in [-0.4, -0.2) is 64.9 Å². The number of carbonyl (C=O) groups excluding carboxylic acids is 4. The van der Waals surface area contributed by atoms with Crippen molar-refractivity contribution in [2.75, 3.05) is 18.9 Å². The van der Waals surface area contributed by atoms with E-state index in [1.807, 2.05) is 0 Å². The number of hydrogen-bond acceptors (Lipinski definition) is 7. The number of hydrogen-bond donors (Lipinski definition) is 3. The van der Waals surface area contributed by atoms with Crippen LogP contribution in [0.25, 0.3) is 0 Å². The first-order valence-corrected chi connectivity index (χ1v) is 12.7. The lowest BCUT2D eigenvalue weighted by molar-refractivity contribution is -0.148. The fraction of sp³-hybridized carbons (Fsp3) is 0.556. The van der Waals surface area contributed by atoms with Crippen molar-refractivity contribution < 1.29 is 28.7 Å². The number of nitrogens with one attached hydrogen (secondary N) is 2. The molecule has 2 N–H and O–H groups in total. The lowest BCUT2D eigenvalue weighted by Gasteiger charge is -2.43. The van der Waals surface area contributed by atoms with Gasteiger partial charge in [-0.1, -0.05) is 24.1 Å². The Morgan fingerprint density at radius 1 is 1.11 bits per heavy atom. The topological polar surface area (TPSA) is 114 Å². The molecule has 0 spiro atoms. The molecular formula is C27H39N3O6S. The molecule has 0 fully saturated rings. The van der Waals surface area contributed by atoms with Crippen LogP contribution in [0, 0.1) is 12.3 Å². The second-order valence-electron chi connectivity index (χ2n) is 10.2. The summed E-state index contributed by atoms with van der Waals surface area (Å²) in [7, 11) is 0. The number of esters is 1. The molecule has 0 saturated carbocycles. The highest BCUT2D eigenvalue weighted by Crippen LogP contribution is 2.32. The summed E-state index contributed by atoms with van der Waals surface area (Å²) < 4.78 is 10.2. The molecule has 1 aromatic carbocycles. The molecule has 0 aromatic heterocycles. The molecular weight excluding hydrogens is 494 g/mol. The van der Waals surface area contributed by atoms with Crippen LogP contribution in [0.1, 0.15) is 72.1 Å². The quantitative estimate of drug-likeness (QED) is 0.242. The first-order chi connectivity index (χ1) is 17.2. The van der Waals surface area contributed by atoms with Crippen LogP contribution < -0.4 is 10.6 Å². The Bertz CT molecular complexity index is 1010. The molecule has 1 aromatic rings. The van der Waals surface area contributed by atoms with Crippen LogP contribution in [0.3, 0.4) is 0 Å². The standard InChI is InChI=1S/C27H39N3O6S/c1-9-18-13-11-12-14-19(18)22(23(32)28-16-15-21(31)35-10-2)30(26(3,4)5)24(33)20(17-37)29-25(34)36-27(6,7)8/h1,11-14,20,22,37H,10,15-17H2,2-8H3,(H,28,32)(H,29,34). The minimum Gasteiger partial charge on any atom is -0.466 e. The van der Waals surface area contributed by atoms with Crippen LogP contribution >= 0.6 is 12.6 Å². The molecule has 0 aliphatic carbocycles. The van der Waals surface area contributed by atoms with Gasteiger partial charge < -0.3 is 25.0 Å². The van der Waals surface area contributed by atoms with Crippen molar-refractivity contribution >= 4 is 36.5 Å². The van der Waals surface area contributed by atoms with Crippen molar-refractivity contribution in [3.63, 3.8) is 0 Å². The van der Waals surface area contributed by atoms with Crippen molar-refractivity contribution in [2.45, 2.75) is 78.1 Å². The Hall–Kier alpha value is -3.19. The second kappa shape index (κ2) is 13.9. The predicted octanol–water partition coefficient (Wildman–Crippen LogP) is 3.23. The molecule has 9 nitrogen and oxygen atoms in total. The molecule has 3 amide bonds. The first-order valence-electron chi connectivity index (χ1n) is 12.1. The van der Waals surface area contributed by atoms with Gasteiger partial charge in [0, 0.05) is 23.4 Å². The van der Waals surface area contributed by atoms with Gasteiger partial charge in [-0.2, -0.15) is 12.6 Å². The van der Waals surface area contributed by atoms with Crippen molar-refractivity contribution in [1.82, 2.24) is 15.5 Å². The van der Waals surface area contributed by atoms with E-state index in [1.165, 1.54) is 4.90 Å². The number of ether oxygens (including phenoxy) is 2. The summed E-state index contributed by atoms with van der Waals surface area (Å²) in [5.41, 5.74) is -0.807. The zero-order chi connectivity index (χ0) is 28.4. The highest BCUT2D eigenvalue weighted by molar-refractivity contribution is 7.80. The van der Waals surface area contributed by atoms with Crippen molar-refractivity contribution in [1.29, 1.82) is 0 Å². The number of benzene rings is 1. The van der Waals surface area contributed by atoms with Gasteiger partial charge in [-0.05, 0) is 60.1 Å². The zero-order valence-electron chi connectivity index (χ0n) is 22.7. The molecule has 0 radical (unpaired) electrons. The van der Waals surface area contributed by atoms with E-state index in [4.69, 9.17) is 15.9 Å². The number of alkyl carbamates (subject to hydrolysis) is 1. The van der Waals surface area contributed by atoms with E-state index in [-0.39, 0.29) is 25.3 Å². The van der Waals surface area contributed by atoms with E-state index < -0.39 is 47.1 Å². The fourth-order valence-corrected chi connectivity index (χ4v) is 3.78. The van der Waals surface area contributed by atoms with Gasteiger partial charge in [-0.15, -0.1) is 6.42 Å². The number of carbonyl (C=O) groups is 4. The van der Waals surface area contributed by atoms with Crippen molar-refractivity contribution in [3.8, 4) is 12.3 Å². The van der Waals surface area contributed by atoms with E-state index in [1.54, 1.807) is 72.7 Å². The van der Waals surface area contributed by atoms with Crippen molar-refractivity contribution in [3.05, 3.63) is 35.4 Å². The number of rotatable bonds is 10. The SMILES string of the molecule is C#Cc1ccccc1C(C(=O)NCCC(=O)OCC)N(C(=O)C(CS)NC(=O)OC(C)(C)C)C(C)(C)C. The fourth-order valence-electron chi connectivity index (χ4n) is 3.53. The third kappa shape index (κ3) is 10.00. The monoisotopic (exact) mass is 533 g/mol. The van der Waals surface area contributed by atoms with Gasteiger partial charge in [-0.25, -0.2) is 4.79 Å². The molecule has 10 heteroatoms. The Kier molecular flexibility index (Phi) is 12.0. The Labute approximate surface area is 225 Å². The van der Waals surface area contributed by atoms with Gasteiger partial charge in [0.15, 0.2) is 0 Å². The zero-order valence-corrected chi connectivity index (χ0v) is 23.6. The maximum Gasteiger partial charge on any atom is 0.408 e. The molecule has 2 atom stereocenters. The summed E-state index contributed by atoms with van der Waals surface area (Å²) in [6.45, 7) is 12.4. The van der Waals surface area contributed by atoms with E-state index in [0.29, 0.717) is 11.1 Å². The van der Waals surface area contributed by atoms with Crippen LogP contribution in [0.15, 0.2) is 24.3 Å². The Morgan fingerprint density at radius 2 is 1.73 bits per heavy atom. The maximum atomic E-state index is 13.9. The van der Waals surface area contributed by atoms with Crippen molar-refractivity contribution in [2.24, 2.45) is 0 Å². The predicted molar refractivity (Wildman–Crippen MR) is 145 cm³/mol. The highest BCUT2D eigenvalue weighted by atomic mass is 32.1. The molecule has 0 aliphatic rings. The average molecular weight is 534 g/mol. The van der Waals surface area contributed by atoms with Gasteiger partial charge >= 0.3 is 12.1 Å². The first kappa shape index (κ1) is 31.8. The minimum atomic E-state index is -1.16. The molecule has 37 heavy (non-hydrogen) atoms. The minimum absolute atomic E-state index is 0.00468. The van der Waals surface area contributed by atoms with E-state index in [2.05, 4.69) is 29.2 Å². The summed E-state index contributed by atoms with van der Waals surface area (Å²) in [4.78, 5) is 53.1. The second-order valence-corrected chi connectivity index (χ2v) is 10.6. The summed E-state index contributed by atoms with van der Waals surface area (Å²) in [5.74, 6) is 0.987. The van der Waals surface area contributed by atoms with Crippen LogP contribution in [-0.2, 0) is 23.9 Å². The normalized spacial score (nSPS) is 12.9. The average Bonchev–Trinajstić information content (AvgIpc) is 2.78. The van der Waals surface area contributed by atoms with E-state index in [9.17, 15) is 19.2 Å². The molecule has 2 unspecified atom stereocenters. The smallest absolute Gasteiger partial charge is 0.408 e. The van der Waals surface area contributed by atoms with E-state index in [0.717, 1.165) is 0 Å². The molecule has 204 valence electrons. The lowest BCUT2D eigenvalue weighted by atomic mass is 9.93. The van der Waals surface area contributed by atoms with Gasteiger partial charge in [0.05, 0.1) is 13.0 Å². The van der Waals surface area contributed by atoms with Crippen LogP contribution in [0.4, 0.5) is 4.79 Å². The molecule has 0 bridgehead atoms. The molecule has 0 heterocycles. The molecule has 1 rings (SSSR count). The number of amides is 3. The number of nitrogens with zero attached hydrogens (tertiary/aromatic N) is 1. The van der Waals surface area contributed by atoms with Crippen LogP contribution in [0.2, 0.25) is 0 Å². The maximum absolute atomic E-state index is 13.9. The number of thiol groups is 1. The summed E-state index contributed by atoms with van der Waals surface area (Å²) >= 11 is 4.27. The third-order valence-corrected chi connectivity index (χ3v) is 5.35. The van der Waals surface area contributed by atoms with E-state index >= 15 is 0 Å². The summed E-state index contributed by atoms with van der Waals surface area (Å²) in [6, 6.07) is 4.55. The van der Waals surface area contributed by atoms with Gasteiger partial charge in [-0.3, -0.25) is 14.4 Å². The highest BCUT2D eigenvalue weighted by Gasteiger charge is 2.42. The van der Waals surface area contributed by atoms with Crippen LogP contribution in [0.5, 0.6) is 0 Å². The van der Waals surface area contributed by atoms with Gasteiger partial charge in [0.1, 0.15) is 17.7 Å². The summed E-state index contributed by atoms with van der Waals surface area (Å²) in [5, 5.41) is 5.28. The summed E-state index contributed by atoms with van der Waals surface area (Å²) in [6.07, 6.45) is 4.91. The molecule has 0 saturated heterocycles. The Balaban J connectivity index is 3.47. The largest absolute Gasteiger partial charge is 0.466 e. The number of terminal acetylenes is 1. The van der Waals surface area contributed by atoms with Gasteiger partial charge in [0.25, 0.3) is 0 Å². The van der Waals surface area contributed by atoms with Gasteiger partial charge in [0.2, 0.25) is 11.8 Å².